The third-order valence-corrected chi connectivity index (χ3v) is 4.95. The van der Waals surface area contributed by atoms with Crippen LogP contribution in [0.15, 0.2) is 12.3 Å². The molecule has 4 N–H and O–H groups in total. The van der Waals surface area contributed by atoms with E-state index >= 15 is 0 Å². The van der Waals surface area contributed by atoms with Crippen LogP contribution in [0.3, 0.4) is 0 Å². The number of aromatic nitrogens is 1. The molecule has 1 aromatic rings. The topological polar surface area (TPSA) is 94.5 Å². The van der Waals surface area contributed by atoms with Gasteiger partial charge in [0.25, 0.3) is 5.91 Å². The van der Waals surface area contributed by atoms with Crippen LogP contribution in [0.5, 0.6) is 0 Å². The van der Waals surface area contributed by atoms with Crippen molar-refractivity contribution in [3.63, 3.8) is 0 Å². The predicted molar refractivity (Wildman–Crippen MR) is 99.3 cm³/mol. The molecule has 0 radical (unpaired) electrons. The molecule has 0 bridgehead atoms. The Labute approximate surface area is 158 Å². The van der Waals surface area contributed by atoms with Gasteiger partial charge in [0.15, 0.2) is 0 Å². The Hall–Kier alpha value is -1.44. The SMILES string of the molecule is CC1(O)CCC(Nc2cc(Cl)ncc2C(=O)NC[C@@H](F)C(C)(C)O)CC1. The Morgan fingerprint density at radius 3 is 2.69 bits per heavy atom. The molecule has 1 amide bonds. The molecular weight excluding hydrogens is 361 g/mol. The minimum atomic E-state index is -1.59. The summed E-state index contributed by atoms with van der Waals surface area (Å²) in [5.41, 5.74) is -1.41. The zero-order valence-electron chi connectivity index (χ0n) is 15.4. The summed E-state index contributed by atoms with van der Waals surface area (Å²) in [5, 5.41) is 25.7. The van der Waals surface area contributed by atoms with Crippen LogP contribution in [0.2, 0.25) is 5.15 Å². The Morgan fingerprint density at radius 2 is 2.12 bits per heavy atom. The number of amides is 1. The fraction of sp³-hybridized carbons (Fsp3) is 0.667. The van der Waals surface area contributed by atoms with Gasteiger partial charge < -0.3 is 20.8 Å². The van der Waals surface area contributed by atoms with Crippen LogP contribution in [-0.4, -0.2) is 51.1 Å². The van der Waals surface area contributed by atoms with E-state index in [2.05, 4.69) is 15.6 Å². The second kappa shape index (κ2) is 8.06. The van der Waals surface area contributed by atoms with Gasteiger partial charge in [0.2, 0.25) is 0 Å². The van der Waals surface area contributed by atoms with Gasteiger partial charge in [0, 0.05) is 12.2 Å². The van der Waals surface area contributed by atoms with E-state index in [9.17, 15) is 19.4 Å². The Morgan fingerprint density at radius 1 is 1.50 bits per heavy atom. The second-order valence-electron chi connectivity index (χ2n) is 7.80. The Bertz CT molecular complexity index is 639. The number of hydrogen-bond acceptors (Lipinski definition) is 5. The van der Waals surface area contributed by atoms with E-state index in [0.717, 1.165) is 12.8 Å². The molecule has 0 aliphatic heterocycles. The van der Waals surface area contributed by atoms with Gasteiger partial charge in [-0.05, 0) is 52.5 Å². The predicted octanol–water partition coefficient (Wildman–Crippen LogP) is 2.68. The summed E-state index contributed by atoms with van der Waals surface area (Å²) in [4.78, 5) is 16.4. The highest BCUT2D eigenvalue weighted by Crippen LogP contribution is 2.30. The zero-order valence-corrected chi connectivity index (χ0v) is 16.1. The molecule has 0 saturated heterocycles. The number of aliphatic hydroxyl groups is 2. The van der Waals surface area contributed by atoms with Gasteiger partial charge in [0.05, 0.1) is 29.0 Å². The summed E-state index contributed by atoms with van der Waals surface area (Å²) in [5.74, 6) is -0.494. The first kappa shape index (κ1) is 20.9. The molecule has 1 fully saturated rings. The minimum Gasteiger partial charge on any atom is -0.390 e. The van der Waals surface area contributed by atoms with E-state index in [1.807, 2.05) is 6.92 Å². The summed E-state index contributed by atoms with van der Waals surface area (Å²) in [6.45, 7) is 4.20. The Balaban J connectivity index is 2.06. The third-order valence-electron chi connectivity index (χ3n) is 4.75. The molecule has 0 aromatic carbocycles. The molecule has 0 unspecified atom stereocenters. The quantitative estimate of drug-likeness (QED) is 0.563. The molecule has 1 aliphatic rings. The van der Waals surface area contributed by atoms with Crippen molar-refractivity contribution in [1.29, 1.82) is 0 Å². The van der Waals surface area contributed by atoms with Crippen molar-refractivity contribution < 1.29 is 19.4 Å². The number of halogens is 2. The Kier molecular flexibility index (Phi) is 6.47. The first-order chi connectivity index (χ1) is 12.0. The van der Waals surface area contributed by atoms with E-state index in [-0.39, 0.29) is 23.3 Å². The lowest BCUT2D eigenvalue weighted by Gasteiger charge is -2.34. The van der Waals surface area contributed by atoms with Crippen LogP contribution in [0.4, 0.5) is 10.1 Å². The standard InChI is InChI=1S/C18H27ClFN3O3/c1-17(2,25)14(20)10-22-16(24)12-9-21-15(19)8-13(12)23-11-4-6-18(3,26)7-5-11/h8-9,11,14,25-26H,4-7,10H2,1-3H3,(H,21,23)(H,22,24)/t11?,14-,18?/m1/s1. The number of alkyl halides is 1. The number of carbonyl (C=O) groups is 1. The first-order valence-electron chi connectivity index (χ1n) is 8.77. The highest BCUT2D eigenvalue weighted by atomic mass is 35.5. The van der Waals surface area contributed by atoms with Crippen LogP contribution < -0.4 is 10.6 Å². The van der Waals surface area contributed by atoms with Crippen molar-refractivity contribution in [3.8, 4) is 0 Å². The maximum absolute atomic E-state index is 13.9. The second-order valence-corrected chi connectivity index (χ2v) is 8.19. The minimum absolute atomic E-state index is 0.102. The number of hydrogen-bond donors (Lipinski definition) is 4. The lowest BCUT2D eigenvalue weighted by Crippen LogP contribution is -2.42. The van der Waals surface area contributed by atoms with Gasteiger partial charge in [-0.25, -0.2) is 9.37 Å². The maximum Gasteiger partial charge on any atom is 0.255 e. The number of nitrogens with zero attached hydrogens (tertiary/aromatic N) is 1. The van der Waals surface area contributed by atoms with E-state index in [4.69, 9.17) is 11.6 Å². The maximum atomic E-state index is 13.9. The van der Waals surface area contributed by atoms with E-state index in [1.54, 1.807) is 6.07 Å². The van der Waals surface area contributed by atoms with Crippen molar-refractivity contribution in [1.82, 2.24) is 10.3 Å². The number of anilines is 1. The van der Waals surface area contributed by atoms with Crippen LogP contribution >= 0.6 is 11.6 Å². The van der Waals surface area contributed by atoms with Gasteiger partial charge in [0.1, 0.15) is 11.3 Å². The molecule has 1 saturated carbocycles. The smallest absolute Gasteiger partial charge is 0.255 e. The zero-order chi connectivity index (χ0) is 19.5. The fourth-order valence-corrected chi connectivity index (χ4v) is 3.02. The number of pyridine rings is 1. The molecule has 26 heavy (non-hydrogen) atoms. The van der Waals surface area contributed by atoms with Gasteiger partial charge in [-0.3, -0.25) is 4.79 Å². The summed E-state index contributed by atoms with van der Waals surface area (Å²) in [7, 11) is 0. The van der Waals surface area contributed by atoms with E-state index in [0.29, 0.717) is 18.5 Å². The summed E-state index contributed by atoms with van der Waals surface area (Å²) in [6, 6.07) is 1.66. The number of carbonyl (C=O) groups excluding carboxylic acids is 1. The molecule has 2 rings (SSSR count). The highest BCUT2D eigenvalue weighted by Gasteiger charge is 2.30. The van der Waals surface area contributed by atoms with Crippen molar-refractivity contribution in [3.05, 3.63) is 23.0 Å². The largest absolute Gasteiger partial charge is 0.390 e. The van der Waals surface area contributed by atoms with Crippen LogP contribution in [0.1, 0.15) is 56.8 Å². The molecule has 6 nitrogen and oxygen atoms in total. The van der Waals surface area contributed by atoms with Crippen LogP contribution in [-0.2, 0) is 0 Å². The summed E-state index contributed by atoms with van der Waals surface area (Å²) in [6.07, 6.45) is 2.61. The molecule has 146 valence electrons. The van der Waals surface area contributed by atoms with Gasteiger partial charge in [-0.15, -0.1) is 0 Å². The van der Waals surface area contributed by atoms with E-state index in [1.165, 1.54) is 20.0 Å². The normalized spacial score (nSPS) is 24.8. The molecular formula is C18H27ClFN3O3. The molecule has 1 aromatic heterocycles. The molecule has 1 aliphatic carbocycles. The highest BCUT2D eigenvalue weighted by molar-refractivity contribution is 6.29. The first-order valence-corrected chi connectivity index (χ1v) is 9.15. The summed E-state index contributed by atoms with van der Waals surface area (Å²) < 4.78 is 13.9. The molecule has 8 heteroatoms. The average molecular weight is 388 g/mol. The fourth-order valence-electron chi connectivity index (χ4n) is 2.86. The number of nitrogens with one attached hydrogen (secondary N) is 2. The lowest BCUT2D eigenvalue weighted by atomic mass is 9.83. The van der Waals surface area contributed by atoms with Crippen molar-refractivity contribution in [2.75, 3.05) is 11.9 Å². The average Bonchev–Trinajstić information content (AvgIpc) is 2.53. The van der Waals surface area contributed by atoms with Gasteiger partial charge >= 0.3 is 0 Å². The number of rotatable bonds is 6. The van der Waals surface area contributed by atoms with Crippen molar-refractivity contribution >= 4 is 23.2 Å². The molecule has 1 heterocycles. The van der Waals surface area contributed by atoms with E-state index < -0.39 is 23.3 Å². The molecule has 0 spiro atoms. The van der Waals surface area contributed by atoms with Gasteiger partial charge in [-0.2, -0.15) is 0 Å². The van der Waals surface area contributed by atoms with Crippen LogP contribution in [0, 0.1) is 0 Å². The van der Waals surface area contributed by atoms with Gasteiger partial charge in [-0.1, -0.05) is 11.6 Å². The lowest BCUT2D eigenvalue weighted by molar-refractivity contribution is -0.00178. The monoisotopic (exact) mass is 387 g/mol. The molecule has 1 atom stereocenters. The van der Waals surface area contributed by atoms with Crippen molar-refractivity contribution in [2.24, 2.45) is 0 Å². The van der Waals surface area contributed by atoms with Crippen LogP contribution in [0.25, 0.3) is 0 Å². The third kappa shape index (κ3) is 5.79. The van der Waals surface area contributed by atoms with Crippen molar-refractivity contribution in [2.45, 2.75) is 69.9 Å². The summed E-state index contributed by atoms with van der Waals surface area (Å²) >= 11 is 5.96.